The molecule has 0 aromatic heterocycles. The van der Waals surface area contributed by atoms with Crippen molar-refractivity contribution >= 4 is 44.9 Å². The van der Waals surface area contributed by atoms with Gasteiger partial charge < -0.3 is 16.0 Å². The fourth-order valence-electron chi connectivity index (χ4n) is 1.54. The van der Waals surface area contributed by atoms with Crippen LogP contribution >= 0.6 is 28.1 Å². The van der Waals surface area contributed by atoms with Crippen LogP contribution in [-0.4, -0.2) is 29.0 Å². The van der Waals surface area contributed by atoms with Crippen molar-refractivity contribution in [2.75, 3.05) is 18.4 Å². The van der Waals surface area contributed by atoms with Crippen LogP contribution in [0.15, 0.2) is 22.7 Å². The normalized spacial score (nSPS) is 9.94. The second-order valence-corrected chi connectivity index (χ2v) is 5.01. The third-order valence-electron chi connectivity index (χ3n) is 2.54. The Morgan fingerprint density at radius 3 is 2.56 bits per heavy atom. The topological polar surface area (TPSA) is 58.4 Å². The lowest BCUT2D eigenvalue weighted by molar-refractivity contribution is 0.217. The van der Waals surface area contributed by atoms with E-state index in [1.54, 1.807) is 17.0 Å². The molecule has 0 bridgehead atoms. The molecule has 0 saturated heterocycles. The van der Waals surface area contributed by atoms with Gasteiger partial charge in [0.1, 0.15) is 4.99 Å². The van der Waals surface area contributed by atoms with Crippen LogP contribution in [0.4, 0.5) is 10.5 Å². The smallest absolute Gasteiger partial charge is 0.321 e. The maximum Gasteiger partial charge on any atom is 0.321 e. The summed E-state index contributed by atoms with van der Waals surface area (Å²) < 4.78 is 0.859. The molecule has 0 aliphatic carbocycles. The van der Waals surface area contributed by atoms with Gasteiger partial charge in [0.15, 0.2) is 0 Å². The number of anilines is 1. The molecule has 18 heavy (non-hydrogen) atoms. The van der Waals surface area contributed by atoms with E-state index in [4.69, 9.17) is 18.0 Å². The molecular weight excluding hydrogens is 314 g/mol. The number of carbonyl (C=O) groups is 1. The summed E-state index contributed by atoms with van der Waals surface area (Å²) in [5.41, 5.74) is 6.91. The molecule has 0 fully saturated rings. The molecule has 0 heterocycles. The van der Waals surface area contributed by atoms with Crippen LogP contribution in [0.25, 0.3) is 0 Å². The Morgan fingerprint density at radius 1 is 1.44 bits per heavy atom. The predicted octanol–water partition coefficient (Wildman–Crippen LogP) is 2.96. The third kappa shape index (κ3) is 3.68. The molecule has 0 atom stereocenters. The van der Waals surface area contributed by atoms with E-state index in [0.717, 1.165) is 4.47 Å². The van der Waals surface area contributed by atoms with Crippen LogP contribution in [-0.2, 0) is 0 Å². The van der Waals surface area contributed by atoms with Gasteiger partial charge in [-0.15, -0.1) is 0 Å². The Bertz CT molecular complexity index is 461. The van der Waals surface area contributed by atoms with E-state index in [2.05, 4.69) is 21.2 Å². The summed E-state index contributed by atoms with van der Waals surface area (Å²) in [5.74, 6) is 0. The molecule has 1 aromatic rings. The zero-order chi connectivity index (χ0) is 13.7. The number of urea groups is 1. The molecule has 1 aromatic carbocycles. The van der Waals surface area contributed by atoms with Gasteiger partial charge in [-0.05, 0) is 32.0 Å². The quantitative estimate of drug-likeness (QED) is 0.835. The van der Waals surface area contributed by atoms with E-state index in [9.17, 15) is 4.79 Å². The van der Waals surface area contributed by atoms with Gasteiger partial charge in [-0.2, -0.15) is 0 Å². The molecule has 0 spiro atoms. The molecule has 0 radical (unpaired) electrons. The van der Waals surface area contributed by atoms with Crippen molar-refractivity contribution in [2.24, 2.45) is 5.73 Å². The molecule has 0 aliphatic rings. The highest BCUT2D eigenvalue weighted by Gasteiger charge is 2.13. The number of benzene rings is 1. The largest absolute Gasteiger partial charge is 0.389 e. The lowest BCUT2D eigenvalue weighted by Crippen LogP contribution is -2.35. The molecule has 0 saturated carbocycles. The fourth-order valence-corrected chi connectivity index (χ4v) is 2.08. The second-order valence-electron chi connectivity index (χ2n) is 3.66. The summed E-state index contributed by atoms with van der Waals surface area (Å²) in [6.07, 6.45) is 0. The maximum absolute atomic E-state index is 12.0. The van der Waals surface area contributed by atoms with Crippen LogP contribution in [0.3, 0.4) is 0 Å². The van der Waals surface area contributed by atoms with E-state index < -0.39 is 0 Å². The Balaban J connectivity index is 2.99. The van der Waals surface area contributed by atoms with Gasteiger partial charge in [0.2, 0.25) is 0 Å². The number of hydrogen-bond donors (Lipinski definition) is 2. The molecule has 2 amide bonds. The van der Waals surface area contributed by atoms with Crippen molar-refractivity contribution in [3.63, 3.8) is 0 Å². The van der Waals surface area contributed by atoms with Gasteiger partial charge in [0.05, 0.1) is 5.69 Å². The lowest BCUT2D eigenvalue weighted by Gasteiger charge is -2.20. The highest BCUT2D eigenvalue weighted by Crippen LogP contribution is 2.21. The number of nitrogens with two attached hydrogens (primary N) is 1. The van der Waals surface area contributed by atoms with E-state index in [-0.39, 0.29) is 11.0 Å². The number of hydrogen-bond acceptors (Lipinski definition) is 2. The molecule has 1 rings (SSSR count). The number of carbonyl (C=O) groups excluding carboxylic acids is 1. The van der Waals surface area contributed by atoms with E-state index in [1.165, 1.54) is 0 Å². The number of halogens is 1. The van der Waals surface area contributed by atoms with Crippen LogP contribution in [0.1, 0.15) is 19.4 Å². The SMILES string of the molecule is CCN(CC)C(=O)Nc1cc(Br)ccc1C(N)=S. The Morgan fingerprint density at radius 2 is 2.06 bits per heavy atom. The second kappa shape index (κ2) is 6.70. The van der Waals surface area contributed by atoms with Crippen LogP contribution in [0.2, 0.25) is 0 Å². The Labute approximate surface area is 121 Å². The minimum absolute atomic E-state index is 0.157. The van der Waals surface area contributed by atoms with Gasteiger partial charge in [0, 0.05) is 23.1 Å². The number of thiocarbonyl (C=S) groups is 1. The molecule has 0 aliphatic heterocycles. The van der Waals surface area contributed by atoms with Crippen molar-refractivity contribution in [1.29, 1.82) is 0 Å². The first kappa shape index (κ1) is 14.9. The number of nitrogens with zero attached hydrogens (tertiary/aromatic N) is 1. The summed E-state index contributed by atoms with van der Waals surface area (Å²) in [6, 6.07) is 5.25. The maximum atomic E-state index is 12.0. The van der Waals surface area contributed by atoms with E-state index >= 15 is 0 Å². The van der Waals surface area contributed by atoms with E-state index in [0.29, 0.717) is 24.3 Å². The van der Waals surface area contributed by atoms with Crippen LogP contribution in [0.5, 0.6) is 0 Å². The zero-order valence-corrected chi connectivity index (χ0v) is 12.8. The molecule has 0 unspecified atom stereocenters. The molecule has 98 valence electrons. The van der Waals surface area contributed by atoms with Crippen molar-refractivity contribution in [1.82, 2.24) is 4.90 Å². The molecule has 3 N–H and O–H groups in total. The Kier molecular flexibility index (Phi) is 5.55. The van der Waals surface area contributed by atoms with Crippen molar-refractivity contribution in [3.05, 3.63) is 28.2 Å². The first-order valence-electron chi connectivity index (χ1n) is 5.64. The number of nitrogens with one attached hydrogen (secondary N) is 1. The molecular formula is C12H16BrN3OS. The average molecular weight is 330 g/mol. The van der Waals surface area contributed by atoms with Crippen molar-refractivity contribution in [3.8, 4) is 0 Å². The average Bonchev–Trinajstić information content (AvgIpc) is 2.30. The monoisotopic (exact) mass is 329 g/mol. The van der Waals surface area contributed by atoms with Gasteiger partial charge in [-0.1, -0.05) is 28.1 Å². The highest BCUT2D eigenvalue weighted by molar-refractivity contribution is 9.10. The first-order valence-corrected chi connectivity index (χ1v) is 6.85. The summed E-state index contributed by atoms with van der Waals surface area (Å²) in [5, 5.41) is 2.82. The zero-order valence-electron chi connectivity index (χ0n) is 10.4. The highest BCUT2D eigenvalue weighted by atomic mass is 79.9. The van der Waals surface area contributed by atoms with Crippen LogP contribution < -0.4 is 11.1 Å². The first-order chi connectivity index (χ1) is 8.49. The summed E-state index contributed by atoms with van der Waals surface area (Å²) in [6.45, 7) is 5.16. The summed E-state index contributed by atoms with van der Waals surface area (Å²) in [4.78, 5) is 13.9. The minimum atomic E-state index is -0.157. The Hall–Kier alpha value is -1.14. The summed E-state index contributed by atoms with van der Waals surface area (Å²) >= 11 is 8.32. The van der Waals surface area contributed by atoms with Gasteiger partial charge in [-0.25, -0.2) is 4.79 Å². The van der Waals surface area contributed by atoms with E-state index in [1.807, 2.05) is 19.9 Å². The van der Waals surface area contributed by atoms with Crippen molar-refractivity contribution < 1.29 is 4.79 Å². The van der Waals surface area contributed by atoms with Crippen molar-refractivity contribution in [2.45, 2.75) is 13.8 Å². The molecule has 6 heteroatoms. The fraction of sp³-hybridized carbons (Fsp3) is 0.333. The van der Waals surface area contributed by atoms with Gasteiger partial charge in [0.25, 0.3) is 0 Å². The third-order valence-corrected chi connectivity index (χ3v) is 3.25. The van der Waals surface area contributed by atoms with Crippen LogP contribution in [0, 0.1) is 0 Å². The lowest BCUT2D eigenvalue weighted by atomic mass is 10.2. The predicted molar refractivity (Wildman–Crippen MR) is 82.0 cm³/mol. The van der Waals surface area contributed by atoms with Gasteiger partial charge >= 0.3 is 6.03 Å². The number of rotatable bonds is 4. The molecule has 4 nitrogen and oxygen atoms in total. The minimum Gasteiger partial charge on any atom is -0.389 e. The van der Waals surface area contributed by atoms with Gasteiger partial charge in [-0.3, -0.25) is 0 Å². The number of amides is 2. The standard InChI is InChI=1S/C12H16BrN3OS/c1-3-16(4-2)12(17)15-10-7-8(13)5-6-9(10)11(14)18/h5-7H,3-4H2,1-2H3,(H2,14,18)(H,15,17). The summed E-state index contributed by atoms with van der Waals surface area (Å²) in [7, 11) is 0.